The Kier molecular flexibility index (Phi) is 3.40. The van der Waals surface area contributed by atoms with Crippen LogP contribution in [0.3, 0.4) is 0 Å². The molecular weight excluding hydrogens is 254 g/mol. The van der Waals surface area contributed by atoms with Crippen molar-refractivity contribution in [1.82, 2.24) is 5.32 Å². The molecule has 0 aliphatic rings. The minimum absolute atomic E-state index is 0.114. The molecule has 0 saturated heterocycles. The second-order valence-electron chi connectivity index (χ2n) is 4.57. The van der Waals surface area contributed by atoms with Crippen molar-refractivity contribution in [3.8, 4) is 0 Å². The molecule has 2 heterocycles. The molecule has 0 bridgehead atoms. The van der Waals surface area contributed by atoms with E-state index in [1.165, 1.54) is 15.6 Å². The molecule has 0 spiro atoms. The fourth-order valence-electron chi connectivity index (χ4n) is 2.43. The van der Waals surface area contributed by atoms with Gasteiger partial charge in [0.1, 0.15) is 11.5 Å². The molecule has 0 fully saturated rings. The minimum atomic E-state index is 0.114. The standard InChI is InChI=1S/C16H17NOS/c1-3-12-7-8-14(18-12)15(17-2)13-6-4-5-11-9-10-19-16(11)13/h4-10,15,17H,3H2,1-2H3. The van der Waals surface area contributed by atoms with Crippen LogP contribution in [0, 0.1) is 0 Å². The van der Waals surface area contributed by atoms with Gasteiger partial charge in [-0.1, -0.05) is 25.1 Å². The van der Waals surface area contributed by atoms with Crippen molar-refractivity contribution in [2.45, 2.75) is 19.4 Å². The summed E-state index contributed by atoms with van der Waals surface area (Å²) in [4.78, 5) is 0. The first-order chi connectivity index (χ1) is 9.33. The molecule has 0 radical (unpaired) electrons. The van der Waals surface area contributed by atoms with Gasteiger partial charge in [0.15, 0.2) is 0 Å². The highest BCUT2D eigenvalue weighted by molar-refractivity contribution is 7.17. The zero-order valence-corrected chi connectivity index (χ0v) is 12.0. The maximum Gasteiger partial charge on any atom is 0.125 e. The van der Waals surface area contributed by atoms with E-state index < -0.39 is 0 Å². The highest BCUT2D eigenvalue weighted by atomic mass is 32.1. The van der Waals surface area contributed by atoms with Gasteiger partial charge in [-0.15, -0.1) is 11.3 Å². The molecule has 1 N–H and O–H groups in total. The summed E-state index contributed by atoms with van der Waals surface area (Å²) in [7, 11) is 1.98. The van der Waals surface area contributed by atoms with Crippen LogP contribution in [0.15, 0.2) is 46.2 Å². The molecule has 0 amide bonds. The Hall–Kier alpha value is -1.58. The predicted octanol–water partition coefficient (Wildman–Crippen LogP) is 4.37. The first kappa shape index (κ1) is 12.5. The highest BCUT2D eigenvalue weighted by Gasteiger charge is 2.18. The van der Waals surface area contributed by atoms with Gasteiger partial charge in [-0.05, 0) is 41.6 Å². The van der Waals surface area contributed by atoms with E-state index >= 15 is 0 Å². The summed E-state index contributed by atoms with van der Waals surface area (Å²) >= 11 is 1.78. The molecule has 2 nitrogen and oxygen atoms in total. The highest BCUT2D eigenvalue weighted by Crippen LogP contribution is 2.32. The molecule has 2 aromatic heterocycles. The Morgan fingerprint density at radius 2 is 2.11 bits per heavy atom. The fraction of sp³-hybridized carbons (Fsp3) is 0.250. The van der Waals surface area contributed by atoms with Gasteiger partial charge in [0, 0.05) is 11.1 Å². The first-order valence-electron chi connectivity index (χ1n) is 6.55. The second kappa shape index (κ2) is 5.19. The Balaban J connectivity index is 2.09. The van der Waals surface area contributed by atoms with Crippen molar-refractivity contribution >= 4 is 21.4 Å². The number of fused-ring (bicyclic) bond motifs is 1. The Morgan fingerprint density at radius 3 is 2.84 bits per heavy atom. The van der Waals surface area contributed by atoms with Crippen molar-refractivity contribution in [1.29, 1.82) is 0 Å². The summed E-state index contributed by atoms with van der Waals surface area (Å²) < 4.78 is 7.24. The van der Waals surface area contributed by atoms with E-state index in [2.05, 4.69) is 54.0 Å². The molecule has 1 atom stereocenters. The lowest BCUT2D eigenvalue weighted by Gasteiger charge is -2.15. The lowest BCUT2D eigenvalue weighted by molar-refractivity contribution is 0.435. The van der Waals surface area contributed by atoms with Gasteiger partial charge in [0.2, 0.25) is 0 Å². The van der Waals surface area contributed by atoms with Crippen LogP contribution < -0.4 is 5.32 Å². The number of benzene rings is 1. The molecule has 0 saturated carbocycles. The van der Waals surface area contributed by atoms with Crippen LogP contribution in [0.1, 0.15) is 30.0 Å². The van der Waals surface area contributed by atoms with Crippen molar-refractivity contribution in [2.75, 3.05) is 7.05 Å². The van der Waals surface area contributed by atoms with Crippen LogP contribution in [-0.4, -0.2) is 7.05 Å². The second-order valence-corrected chi connectivity index (χ2v) is 5.48. The summed E-state index contributed by atoms with van der Waals surface area (Å²) in [6.45, 7) is 2.11. The normalized spacial score (nSPS) is 12.9. The number of furan rings is 1. The zero-order chi connectivity index (χ0) is 13.2. The molecular formula is C16H17NOS. The van der Waals surface area contributed by atoms with E-state index in [4.69, 9.17) is 4.42 Å². The molecule has 98 valence electrons. The van der Waals surface area contributed by atoms with E-state index in [1.54, 1.807) is 11.3 Å². The van der Waals surface area contributed by atoms with Crippen molar-refractivity contribution in [3.63, 3.8) is 0 Å². The molecule has 3 heteroatoms. The molecule has 0 aliphatic heterocycles. The van der Waals surface area contributed by atoms with Gasteiger partial charge in [-0.3, -0.25) is 0 Å². The van der Waals surface area contributed by atoms with Gasteiger partial charge >= 0.3 is 0 Å². The molecule has 1 aromatic carbocycles. The third-order valence-electron chi connectivity index (χ3n) is 3.42. The quantitative estimate of drug-likeness (QED) is 0.762. The smallest absolute Gasteiger partial charge is 0.125 e. The lowest BCUT2D eigenvalue weighted by atomic mass is 10.0. The van der Waals surface area contributed by atoms with Gasteiger partial charge in [-0.25, -0.2) is 0 Å². The van der Waals surface area contributed by atoms with Crippen molar-refractivity contribution < 1.29 is 4.42 Å². The van der Waals surface area contributed by atoms with E-state index in [0.717, 1.165) is 17.9 Å². The molecule has 3 rings (SSSR count). The third-order valence-corrected chi connectivity index (χ3v) is 4.40. The summed E-state index contributed by atoms with van der Waals surface area (Å²) in [5, 5.41) is 6.80. The zero-order valence-electron chi connectivity index (χ0n) is 11.1. The number of nitrogens with one attached hydrogen (secondary N) is 1. The third kappa shape index (κ3) is 2.20. The van der Waals surface area contributed by atoms with Gasteiger partial charge in [0.25, 0.3) is 0 Å². The Labute approximate surface area is 117 Å². The van der Waals surface area contributed by atoms with Gasteiger partial charge in [0.05, 0.1) is 6.04 Å². The first-order valence-corrected chi connectivity index (χ1v) is 7.43. The van der Waals surface area contributed by atoms with Gasteiger partial charge in [-0.2, -0.15) is 0 Å². The van der Waals surface area contributed by atoms with E-state index in [-0.39, 0.29) is 6.04 Å². The minimum Gasteiger partial charge on any atom is -0.464 e. The van der Waals surface area contributed by atoms with E-state index in [9.17, 15) is 0 Å². The summed E-state index contributed by atoms with van der Waals surface area (Å²) in [5.74, 6) is 2.02. The number of thiophene rings is 1. The number of rotatable bonds is 4. The number of hydrogen-bond donors (Lipinski definition) is 1. The molecule has 3 aromatic rings. The molecule has 1 unspecified atom stereocenters. The Morgan fingerprint density at radius 1 is 1.21 bits per heavy atom. The van der Waals surface area contributed by atoms with Crippen LogP contribution in [0.2, 0.25) is 0 Å². The maximum atomic E-state index is 5.91. The Bertz CT molecular complexity index is 683. The average molecular weight is 271 g/mol. The average Bonchev–Trinajstić information content (AvgIpc) is 3.08. The molecule has 19 heavy (non-hydrogen) atoms. The van der Waals surface area contributed by atoms with Crippen LogP contribution in [0.25, 0.3) is 10.1 Å². The van der Waals surface area contributed by atoms with E-state index in [0.29, 0.717) is 0 Å². The topological polar surface area (TPSA) is 25.2 Å². The van der Waals surface area contributed by atoms with Crippen molar-refractivity contribution in [3.05, 3.63) is 58.9 Å². The summed E-state index contributed by atoms with van der Waals surface area (Å²) in [6, 6.07) is 12.9. The predicted molar refractivity (Wildman–Crippen MR) is 80.8 cm³/mol. The van der Waals surface area contributed by atoms with Gasteiger partial charge < -0.3 is 9.73 Å². The summed E-state index contributed by atoms with van der Waals surface area (Å²) in [6.07, 6.45) is 0.930. The van der Waals surface area contributed by atoms with Crippen LogP contribution in [-0.2, 0) is 6.42 Å². The number of hydrogen-bond acceptors (Lipinski definition) is 3. The van der Waals surface area contributed by atoms with Crippen molar-refractivity contribution in [2.24, 2.45) is 0 Å². The SMILES string of the molecule is CCc1ccc(C(NC)c2cccc3ccsc23)o1. The summed E-state index contributed by atoms with van der Waals surface area (Å²) in [5.41, 5.74) is 1.28. The van der Waals surface area contributed by atoms with Crippen LogP contribution in [0.5, 0.6) is 0 Å². The monoisotopic (exact) mass is 271 g/mol. The molecule has 0 aliphatic carbocycles. The van der Waals surface area contributed by atoms with E-state index in [1.807, 2.05) is 7.05 Å². The van der Waals surface area contributed by atoms with Crippen LogP contribution >= 0.6 is 11.3 Å². The fourth-order valence-corrected chi connectivity index (χ4v) is 3.38. The van der Waals surface area contributed by atoms with Crippen LogP contribution in [0.4, 0.5) is 0 Å². The lowest BCUT2D eigenvalue weighted by Crippen LogP contribution is -2.17. The number of aryl methyl sites for hydroxylation is 1. The maximum absolute atomic E-state index is 5.91. The largest absolute Gasteiger partial charge is 0.464 e.